The zero-order valence-electron chi connectivity index (χ0n) is 23.6. The van der Waals surface area contributed by atoms with Gasteiger partial charge in [-0.2, -0.15) is 0 Å². The summed E-state index contributed by atoms with van der Waals surface area (Å²) in [7, 11) is 1.65. The number of hydrogen-bond donors (Lipinski definition) is 5. The number of carbonyl (C=O) groups is 3. The van der Waals surface area contributed by atoms with Gasteiger partial charge in [-0.25, -0.2) is 10.0 Å². The predicted octanol–water partition coefficient (Wildman–Crippen LogP) is 0.895. The molecule has 14 nitrogen and oxygen atoms in total. The molecular formula is C27H38N8O6. The van der Waals surface area contributed by atoms with Crippen molar-refractivity contribution < 1.29 is 29.0 Å². The number of nitrogens with zero attached hydrogens (tertiary/aromatic N) is 4. The Balaban J connectivity index is 2.54. The number of benzene rings is 1. The summed E-state index contributed by atoms with van der Waals surface area (Å²) in [4.78, 5) is 42.3. The molecule has 1 aromatic carbocycles. The van der Waals surface area contributed by atoms with Crippen LogP contribution < -0.4 is 25.8 Å². The third-order valence-electron chi connectivity index (χ3n) is 6.01. The molecule has 0 spiro atoms. The molecule has 0 aliphatic carbocycles. The number of hydrazone groups is 1. The Morgan fingerprint density at radius 1 is 1.24 bits per heavy atom. The summed E-state index contributed by atoms with van der Waals surface area (Å²) in [6, 6.07) is 5.05. The highest BCUT2D eigenvalue weighted by atomic mass is 16.6. The van der Waals surface area contributed by atoms with Crippen LogP contribution in [0.3, 0.4) is 0 Å². The Hall–Kier alpha value is -4.88. The summed E-state index contributed by atoms with van der Waals surface area (Å²) in [6.07, 6.45) is 1.52. The molecule has 0 unspecified atom stereocenters. The minimum atomic E-state index is -0.630. The zero-order chi connectivity index (χ0) is 30.4. The monoisotopic (exact) mass is 570 g/mol. The summed E-state index contributed by atoms with van der Waals surface area (Å²) < 4.78 is 11.2. The van der Waals surface area contributed by atoms with Crippen LogP contribution in [0, 0.1) is 5.41 Å². The molecule has 1 aromatic rings. The number of aliphatic hydroxyl groups excluding tert-OH is 1. The van der Waals surface area contributed by atoms with Gasteiger partial charge in [0.15, 0.2) is 23.1 Å². The number of allylic oxidation sites excluding steroid dienone is 3. The van der Waals surface area contributed by atoms with Gasteiger partial charge in [-0.15, -0.1) is 5.10 Å². The van der Waals surface area contributed by atoms with Gasteiger partial charge < -0.3 is 46.1 Å². The molecule has 0 atom stereocenters. The molecule has 0 bridgehead atoms. The van der Waals surface area contributed by atoms with Crippen LogP contribution in [0.5, 0.6) is 11.5 Å². The summed E-state index contributed by atoms with van der Waals surface area (Å²) in [5, 5.41) is 29.2. The van der Waals surface area contributed by atoms with Crippen molar-refractivity contribution in [3.05, 3.63) is 46.6 Å². The van der Waals surface area contributed by atoms with E-state index in [0.717, 1.165) is 5.01 Å². The second-order valence-electron chi connectivity index (χ2n) is 8.74. The van der Waals surface area contributed by atoms with Gasteiger partial charge in [-0.1, -0.05) is 6.92 Å². The van der Waals surface area contributed by atoms with E-state index in [1.807, 2.05) is 6.92 Å². The number of nitrogens with one attached hydrogen (secondary N) is 3. The lowest BCUT2D eigenvalue weighted by Crippen LogP contribution is -2.42. The molecule has 0 aromatic heterocycles. The maximum Gasteiger partial charge on any atom is 0.292 e. The number of carbonyl (C=O) groups excluding carboxylic acids is 3. The lowest BCUT2D eigenvalue weighted by Gasteiger charge is -2.31. The van der Waals surface area contributed by atoms with Crippen molar-refractivity contribution in [1.29, 1.82) is 5.41 Å². The highest BCUT2D eigenvalue weighted by Crippen LogP contribution is 2.31. The Kier molecular flexibility index (Phi) is 12.8. The molecule has 222 valence electrons. The van der Waals surface area contributed by atoms with Crippen LogP contribution in [0.2, 0.25) is 0 Å². The molecular weight excluding hydrogens is 532 g/mol. The molecule has 0 fully saturated rings. The van der Waals surface area contributed by atoms with Crippen LogP contribution in [0.25, 0.3) is 0 Å². The first-order valence-electron chi connectivity index (χ1n) is 13.0. The maximum absolute atomic E-state index is 14.1. The standard InChI is InChI=1S/C27H38N8O6/c1-5-21(30-3)24(34(11-9-32-17-37)10-8-20(29)25(38)18(2)28)27(39)35(12-13-36)33-26(31-4)19-6-7-22-23(16-19)41-15-14-40-22/h6-7,13,16-17,29-30,38H,4-5,8-12,14-15,28H2,1-3H3,(H,32,37)/b24-21+,25-18+,29-20?,33-26-. The van der Waals surface area contributed by atoms with E-state index >= 15 is 0 Å². The van der Waals surface area contributed by atoms with E-state index in [9.17, 15) is 19.5 Å². The lowest BCUT2D eigenvalue weighted by molar-refractivity contribution is -0.131. The number of hydrogen-bond acceptors (Lipinski definition) is 11. The smallest absolute Gasteiger partial charge is 0.292 e. The zero-order valence-corrected chi connectivity index (χ0v) is 23.6. The number of nitrogens with two attached hydrogens (primary N) is 1. The Morgan fingerprint density at radius 3 is 2.54 bits per heavy atom. The topological polar surface area (TPSA) is 195 Å². The van der Waals surface area contributed by atoms with Gasteiger partial charge in [0.25, 0.3) is 5.91 Å². The summed E-state index contributed by atoms with van der Waals surface area (Å²) in [6.45, 7) is 7.78. The highest BCUT2D eigenvalue weighted by molar-refractivity contribution is 6.03. The summed E-state index contributed by atoms with van der Waals surface area (Å²) in [5.74, 6) is 0.152. The van der Waals surface area contributed by atoms with Crippen LogP contribution in [-0.2, 0) is 14.4 Å². The van der Waals surface area contributed by atoms with Gasteiger partial charge in [0.2, 0.25) is 6.41 Å². The lowest BCUT2D eigenvalue weighted by atomic mass is 10.1. The Bertz CT molecular complexity index is 1220. The van der Waals surface area contributed by atoms with Crippen molar-refractivity contribution in [1.82, 2.24) is 20.5 Å². The average Bonchev–Trinajstić information content (AvgIpc) is 2.98. The number of aldehydes is 1. The van der Waals surface area contributed by atoms with E-state index < -0.39 is 12.5 Å². The first kappa shape index (κ1) is 32.3. The minimum Gasteiger partial charge on any atom is -0.504 e. The molecule has 1 aliphatic rings. The molecule has 2 amide bonds. The van der Waals surface area contributed by atoms with E-state index in [0.29, 0.717) is 55.1 Å². The largest absolute Gasteiger partial charge is 0.504 e. The van der Waals surface area contributed by atoms with Gasteiger partial charge in [0, 0.05) is 50.1 Å². The minimum absolute atomic E-state index is 0.0343. The fourth-order valence-corrected chi connectivity index (χ4v) is 3.95. The highest BCUT2D eigenvalue weighted by Gasteiger charge is 2.27. The van der Waals surface area contributed by atoms with Crippen LogP contribution in [0.1, 0.15) is 32.3 Å². The molecule has 0 saturated heterocycles. The fraction of sp³-hybridized carbons (Fsp3) is 0.407. The first-order valence-corrected chi connectivity index (χ1v) is 13.0. The predicted molar refractivity (Wildman–Crippen MR) is 155 cm³/mol. The first-order chi connectivity index (χ1) is 19.7. The molecule has 0 saturated carbocycles. The molecule has 41 heavy (non-hydrogen) atoms. The molecule has 0 radical (unpaired) electrons. The van der Waals surface area contributed by atoms with Gasteiger partial charge in [0.05, 0.1) is 5.71 Å². The third-order valence-corrected chi connectivity index (χ3v) is 6.01. The maximum atomic E-state index is 14.1. The molecule has 1 heterocycles. The number of amidine groups is 1. The number of aliphatic imine (C=N–C) groups is 1. The van der Waals surface area contributed by atoms with Crippen LogP contribution in [0.15, 0.2) is 51.1 Å². The van der Waals surface area contributed by atoms with Crippen molar-refractivity contribution in [3.63, 3.8) is 0 Å². The van der Waals surface area contributed by atoms with E-state index in [4.69, 9.17) is 20.6 Å². The van der Waals surface area contributed by atoms with E-state index in [2.05, 4.69) is 27.4 Å². The number of aliphatic hydroxyl groups is 1. The van der Waals surface area contributed by atoms with E-state index in [-0.39, 0.29) is 54.8 Å². The van der Waals surface area contributed by atoms with E-state index in [1.54, 1.807) is 30.1 Å². The number of fused-ring (bicyclic) bond motifs is 1. The second-order valence-corrected chi connectivity index (χ2v) is 8.74. The van der Waals surface area contributed by atoms with Crippen molar-refractivity contribution in [3.8, 4) is 11.5 Å². The Labute approximate surface area is 239 Å². The average molecular weight is 571 g/mol. The van der Waals surface area contributed by atoms with Gasteiger partial charge in [-0.3, -0.25) is 9.59 Å². The fourth-order valence-electron chi connectivity index (χ4n) is 3.95. The van der Waals surface area contributed by atoms with Crippen molar-refractivity contribution in [2.75, 3.05) is 46.4 Å². The Morgan fingerprint density at radius 2 is 1.95 bits per heavy atom. The molecule has 14 heteroatoms. The third kappa shape index (κ3) is 8.81. The van der Waals surface area contributed by atoms with Crippen molar-refractivity contribution in [2.45, 2.75) is 26.7 Å². The van der Waals surface area contributed by atoms with Crippen LogP contribution in [0.4, 0.5) is 0 Å². The van der Waals surface area contributed by atoms with Crippen LogP contribution >= 0.6 is 0 Å². The normalized spacial score (nSPS) is 13.7. The van der Waals surface area contributed by atoms with Gasteiger partial charge >= 0.3 is 0 Å². The van der Waals surface area contributed by atoms with Crippen LogP contribution in [-0.4, -0.2) is 98.3 Å². The summed E-state index contributed by atoms with van der Waals surface area (Å²) >= 11 is 0. The van der Waals surface area contributed by atoms with E-state index in [1.165, 1.54) is 6.92 Å². The summed E-state index contributed by atoms with van der Waals surface area (Å²) in [5.41, 5.74) is 6.79. The SMILES string of the molecule is C=N/C(=N\N(CC=O)C(=O)/C(=C(/CC)NC)N(CCNC=O)CCC(=N)/C(O)=C(/C)N)c1ccc2c(c1)OCCO2. The van der Waals surface area contributed by atoms with Crippen molar-refractivity contribution in [2.24, 2.45) is 15.8 Å². The molecule has 1 aliphatic heterocycles. The number of rotatable bonds is 16. The van der Waals surface area contributed by atoms with Gasteiger partial charge in [-0.05, 0) is 38.3 Å². The van der Waals surface area contributed by atoms with Gasteiger partial charge in [0.1, 0.15) is 31.7 Å². The molecule has 2 rings (SSSR count). The second kappa shape index (κ2) is 16.3. The number of amides is 2. The molecule has 6 N–H and O–H groups in total. The van der Waals surface area contributed by atoms with Crippen molar-refractivity contribution >= 4 is 36.9 Å². The number of ether oxygens (including phenoxy) is 2. The quantitative estimate of drug-likeness (QED) is 0.0365.